The molecule has 1 atom stereocenters. The first kappa shape index (κ1) is 26.4. The average molecular weight is 577 g/mol. The molecule has 0 saturated carbocycles. The van der Waals surface area contributed by atoms with Crippen molar-refractivity contribution in [3.05, 3.63) is 28.7 Å². The number of guanidine groups is 1. The molecule has 27 heavy (non-hydrogen) atoms. The number of para-hydroxylation sites is 1. The maximum absolute atomic E-state index is 12.2. The fourth-order valence-electron chi connectivity index (χ4n) is 2.30. The number of nitrogens with zero attached hydrogens (tertiary/aromatic N) is 2. The van der Waals surface area contributed by atoms with Gasteiger partial charge >= 0.3 is 0 Å². The van der Waals surface area contributed by atoms with Crippen LogP contribution in [0.5, 0.6) is 5.75 Å². The molecule has 0 fully saturated rings. The van der Waals surface area contributed by atoms with Gasteiger partial charge in [0.2, 0.25) is 10.0 Å². The molecule has 0 aliphatic rings. The van der Waals surface area contributed by atoms with Crippen LogP contribution in [-0.4, -0.2) is 63.8 Å². The van der Waals surface area contributed by atoms with Gasteiger partial charge in [-0.2, -0.15) is 0 Å². The van der Waals surface area contributed by atoms with E-state index in [1.807, 2.05) is 45.0 Å². The van der Waals surface area contributed by atoms with E-state index in [1.54, 1.807) is 7.05 Å². The highest BCUT2D eigenvalue weighted by atomic mass is 127. The number of hydrogen-bond acceptors (Lipinski definition) is 4. The SMILES string of the molecule is CCN(CC)S(=O)(=O)CCNC(=NC)NCC(C)Oc1ccccc1Br.I. The normalized spacial score (nSPS) is 13.0. The van der Waals surface area contributed by atoms with E-state index in [0.29, 0.717) is 25.6 Å². The maximum Gasteiger partial charge on any atom is 0.215 e. The van der Waals surface area contributed by atoms with Crippen molar-refractivity contribution < 1.29 is 13.2 Å². The van der Waals surface area contributed by atoms with Gasteiger partial charge in [0, 0.05) is 26.7 Å². The quantitative estimate of drug-likeness (QED) is 0.254. The molecule has 1 rings (SSSR count). The average Bonchev–Trinajstić information content (AvgIpc) is 2.60. The van der Waals surface area contributed by atoms with Crippen LogP contribution >= 0.6 is 39.9 Å². The third kappa shape index (κ3) is 9.44. The first-order valence-corrected chi connectivity index (χ1v) is 11.1. The summed E-state index contributed by atoms with van der Waals surface area (Å²) in [7, 11) is -1.60. The van der Waals surface area contributed by atoms with E-state index in [1.165, 1.54) is 4.31 Å². The van der Waals surface area contributed by atoms with Crippen molar-refractivity contribution in [2.45, 2.75) is 26.9 Å². The van der Waals surface area contributed by atoms with Gasteiger partial charge in [0.15, 0.2) is 5.96 Å². The Morgan fingerprint density at radius 3 is 2.44 bits per heavy atom. The standard InChI is InChI=1S/C17H29BrN4O3S.HI/c1-5-22(6-2)26(23,24)12-11-20-17(19-4)21-13-14(3)25-16-10-8-7-9-15(16)18;/h7-10,14H,5-6,11-13H2,1-4H3,(H2,19,20,21);1H. The minimum absolute atomic E-state index is 0. The van der Waals surface area contributed by atoms with Crippen molar-refractivity contribution in [1.82, 2.24) is 14.9 Å². The highest BCUT2D eigenvalue weighted by Crippen LogP contribution is 2.24. The minimum Gasteiger partial charge on any atom is -0.488 e. The lowest BCUT2D eigenvalue weighted by Crippen LogP contribution is -2.44. The Bertz CT molecular complexity index is 685. The molecule has 156 valence electrons. The molecule has 0 amide bonds. The van der Waals surface area contributed by atoms with E-state index < -0.39 is 10.0 Å². The number of hydrogen-bond donors (Lipinski definition) is 2. The van der Waals surface area contributed by atoms with Gasteiger partial charge in [-0.1, -0.05) is 26.0 Å². The largest absolute Gasteiger partial charge is 0.488 e. The summed E-state index contributed by atoms with van der Waals surface area (Å²) in [5.74, 6) is 1.34. The van der Waals surface area contributed by atoms with Gasteiger partial charge in [-0.05, 0) is 35.0 Å². The topological polar surface area (TPSA) is 83.0 Å². The van der Waals surface area contributed by atoms with Gasteiger partial charge in [0.25, 0.3) is 0 Å². The van der Waals surface area contributed by atoms with E-state index in [9.17, 15) is 8.42 Å². The zero-order valence-electron chi connectivity index (χ0n) is 16.2. The van der Waals surface area contributed by atoms with Crippen LogP contribution in [-0.2, 0) is 10.0 Å². The molecule has 2 N–H and O–H groups in total. The highest BCUT2D eigenvalue weighted by molar-refractivity contribution is 14.0. The maximum atomic E-state index is 12.2. The van der Waals surface area contributed by atoms with Crippen LogP contribution in [0.25, 0.3) is 0 Å². The van der Waals surface area contributed by atoms with Crippen LogP contribution in [0.4, 0.5) is 0 Å². The number of nitrogens with one attached hydrogen (secondary N) is 2. The Hall–Kier alpha value is -0.590. The predicted octanol–water partition coefficient (Wildman–Crippen LogP) is 2.67. The predicted molar refractivity (Wildman–Crippen MR) is 126 cm³/mol. The first-order chi connectivity index (χ1) is 12.3. The summed E-state index contributed by atoms with van der Waals surface area (Å²) in [6.07, 6.45) is -0.0911. The molecule has 0 bridgehead atoms. The Morgan fingerprint density at radius 2 is 1.89 bits per heavy atom. The Labute approximate surface area is 188 Å². The van der Waals surface area contributed by atoms with Gasteiger partial charge in [-0.3, -0.25) is 4.99 Å². The fraction of sp³-hybridized carbons (Fsp3) is 0.588. The lowest BCUT2D eigenvalue weighted by Gasteiger charge is -2.20. The number of benzene rings is 1. The molecule has 1 aromatic rings. The third-order valence-electron chi connectivity index (χ3n) is 3.70. The molecular formula is C17H30BrIN4O3S. The monoisotopic (exact) mass is 576 g/mol. The lowest BCUT2D eigenvalue weighted by molar-refractivity contribution is 0.222. The molecule has 1 unspecified atom stereocenters. The van der Waals surface area contributed by atoms with Crippen molar-refractivity contribution in [2.75, 3.05) is 39.0 Å². The second kappa shape index (κ2) is 13.6. The zero-order chi connectivity index (χ0) is 19.6. The minimum atomic E-state index is -3.24. The highest BCUT2D eigenvalue weighted by Gasteiger charge is 2.18. The van der Waals surface area contributed by atoms with Crippen molar-refractivity contribution in [2.24, 2.45) is 4.99 Å². The van der Waals surface area contributed by atoms with Crippen LogP contribution < -0.4 is 15.4 Å². The molecule has 10 heteroatoms. The summed E-state index contributed by atoms with van der Waals surface area (Å²) >= 11 is 3.45. The summed E-state index contributed by atoms with van der Waals surface area (Å²) in [6.45, 7) is 7.40. The second-order valence-electron chi connectivity index (χ2n) is 5.64. The van der Waals surface area contributed by atoms with Gasteiger partial charge in [0.05, 0.1) is 16.8 Å². The summed E-state index contributed by atoms with van der Waals surface area (Å²) in [4.78, 5) is 4.11. The third-order valence-corrected chi connectivity index (χ3v) is 6.37. The van der Waals surface area contributed by atoms with Crippen molar-refractivity contribution in [1.29, 1.82) is 0 Å². The molecule has 0 saturated heterocycles. The van der Waals surface area contributed by atoms with Gasteiger partial charge in [-0.25, -0.2) is 12.7 Å². The van der Waals surface area contributed by atoms with E-state index in [-0.39, 0.29) is 42.4 Å². The molecular weight excluding hydrogens is 547 g/mol. The van der Waals surface area contributed by atoms with Crippen molar-refractivity contribution in [3.8, 4) is 5.75 Å². The first-order valence-electron chi connectivity index (χ1n) is 8.67. The Kier molecular flexibility index (Phi) is 13.3. The number of halogens is 2. The molecule has 0 radical (unpaired) electrons. The molecule has 0 aliphatic heterocycles. The molecule has 0 aliphatic carbocycles. The van der Waals surface area contributed by atoms with Gasteiger partial charge in [-0.15, -0.1) is 24.0 Å². The van der Waals surface area contributed by atoms with E-state index >= 15 is 0 Å². The zero-order valence-corrected chi connectivity index (χ0v) is 21.0. The second-order valence-corrected chi connectivity index (χ2v) is 8.58. The fourth-order valence-corrected chi connectivity index (χ4v) is 4.09. The molecule has 0 heterocycles. The van der Waals surface area contributed by atoms with E-state index in [2.05, 4.69) is 31.6 Å². The van der Waals surface area contributed by atoms with E-state index in [4.69, 9.17) is 4.74 Å². The lowest BCUT2D eigenvalue weighted by atomic mass is 10.3. The van der Waals surface area contributed by atoms with Crippen molar-refractivity contribution >= 4 is 55.9 Å². The summed E-state index contributed by atoms with van der Waals surface area (Å²) in [5, 5.41) is 6.17. The van der Waals surface area contributed by atoms with Crippen LogP contribution in [0.2, 0.25) is 0 Å². The number of aliphatic imine (C=N–C) groups is 1. The number of sulfonamides is 1. The van der Waals surface area contributed by atoms with Crippen LogP contribution in [0, 0.1) is 0 Å². The van der Waals surface area contributed by atoms with Gasteiger partial charge < -0.3 is 15.4 Å². The summed E-state index contributed by atoms with van der Waals surface area (Å²) in [6, 6.07) is 7.66. The molecule has 1 aromatic carbocycles. The van der Waals surface area contributed by atoms with Crippen molar-refractivity contribution in [3.63, 3.8) is 0 Å². The van der Waals surface area contributed by atoms with E-state index in [0.717, 1.165) is 10.2 Å². The number of rotatable bonds is 10. The Morgan fingerprint density at radius 1 is 1.26 bits per heavy atom. The summed E-state index contributed by atoms with van der Waals surface area (Å²) in [5.41, 5.74) is 0. The molecule has 7 nitrogen and oxygen atoms in total. The Balaban J connectivity index is 0.00000676. The molecule has 0 spiro atoms. The van der Waals surface area contributed by atoms with Crippen LogP contribution in [0.1, 0.15) is 20.8 Å². The van der Waals surface area contributed by atoms with Crippen LogP contribution in [0.15, 0.2) is 33.7 Å². The number of ether oxygens (including phenoxy) is 1. The van der Waals surface area contributed by atoms with Gasteiger partial charge in [0.1, 0.15) is 11.9 Å². The summed E-state index contributed by atoms with van der Waals surface area (Å²) < 4.78 is 32.6. The molecule has 0 aromatic heterocycles. The smallest absolute Gasteiger partial charge is 0.215 e. The van der Waals surface area contributed by atoms with Crippen LogP contribution in [0.3, 0.4) is 0 Å².